The Labute approximate surface area is 217 Å². The Kier molecular flexibility index (Phi) is 6.87. The lowest BCUT2D eigenvalue weighted by atomic mass is 10.1. The van der Waals surface area contributed by atoms with E-state index in [1.165, 1.54) is 0 Å². The summed E-state index contributed by atoms with van der Waals surface area (Å²) in [4.78, 5) is 22.1. The lowest BCUT2D eigenvalue weighted by Crippen LogP contribution is -2.09. The summed E-state index contributed by atoms with van der Waals surface area (Å²) in [5.74, 6) is 2.81. The summed E-state index contributed by atoms with van der Waals surface area (Å²) in [5.41, 5.74) is 3.71. The first kappa shape index (κ1) is 24.5. The number of aromatic nitrogens is 3. The van der Waals surface area contributed by atoms with Gasteiger partial charge in [-0.15, -0.1) is 0 Å². The maximum Gasteiger partial charge on any atom is 0.307 e. The molecule has 0 aliphatic rings. The van der Waals surface area contributed by atoms with E-state index in [1.54, 1.807) is 0 Å². The molecule has 0 bridgehead atoms. The number of nitrogens with one attached hydrogen (secondary N) is 3. The van der Waals surface area contributed by atoms with Crippen LogP contribution in [0.4, 0.5) is 5.69 Å². The molecule has 5 aromatic rings. The highest BCUT2D eigenvalue weighted by atomic mass is 32.1. The molecule has 4 N–H and O–H groups in total. The summed E-state index contributed by atoms with van der Waals surface area (Å²) in [6.45, 7) is 6.14. The zero-order valence-corrected chi connectivity index (χ0v) is 21.6. The van der Waals surface area contributed by atoms with Gasteiger partial charge < -0.3 is 24.9 Å². The molecular weight excluding hydrogens is 488 g/mol. The number of anilines is 1. The highest BCUT2D eigenvalue weighted by molar-refractivity contribution is 7.09. The number of H-pyrrole nitrogens is 2. The van der Waals surface area contributed by atoms with Gasteiger partial charge in [-0.3, -0.25) is 9.78 Å². The van der Waals surface area contributed by atoms with Crippen molar-refractivity contribution < 1.29 is 14.6 Å². The summed E-state index contributed by atoms with van der Waals surface area (Å²) < 4.78 is 12.1. The fourth-order valence-corrected chi connectivity index (χ4v) is 4.71. The molecule has 0 aliphatic heterocycles. The van der Waals surface area contributed by atoms with Crippen LogP contribution in [0.1, 0.15) is 43.1 Å². The molecule has 0 amide bonds. The van der Waals surface area contributed by atoms with Crippen LogP contribution in [0.3, 0.4) is 0 Å². The summed E-state index contributed by atoms with van der Waals surface area (Å²) in [5, 5.41) is 13.2. The average Bonchev–Trinajstić information content (AvgIpc) is 3.43. The molecule has 0 aliphatic carbocycles. The lowest BCUT2D eigenvalue weighted by Gasteiger charge is -2.12. The van der Waals surface area contributed by atoms with Crippen LogP contribution >= 0.6 is 11.3 Å². The quantitative estimate of drug-likeness (QED) is 0.181. The van der Waals surface area contributed by atoms with Gasteiger partial charge in [0.2, 0.25) is 5.88 Å². The van der Waals surface area contributed by atoms with E-state index in [0.717, 1.165) is 45.1 Å². The number of aromatic hydroxyl groups is 1. The summed E-state index contributed by atoms with van der Waals surface area (Å²) in [6.07, 6.45) is 0.167. The van der Waals surface area contributed by atoms with E-state index in [9.17, 15) is 9.90 Å². The smallest absolute Gasteiger partial charge is 0.307 e. The van der Waals surface area contributed by atoms with Crippen molar-refractivity contribution >= 4 is 28.1 Å². The van der Waals surface area contributed by atoms with Crippen LogP contribution in [0.25, 0.3) is 11.0 Å². The first-order valence-corrected chi connectivity index (χ1v) is 12.8. The van der Waals surface area contributed by atoms with Gasteiger partial charge in [0.15, 0.2) is 6.10 Å². The van der Waals surface area contributed by atoms with Crippen LogP contribution in [0.15, 0.2) is 71.5 Å². The molecule has 2 heterocycles. The predicted octanol–water partition coefficient (Wildman–Crippen LogP) is 6.36. The molecule has 3 aromatic carbocycles. The number of nitrogens with zero attached hydrogens (tertiary/aromatic N) is 1. The van der Waals surface area contributed by atoms with Crippen LogP contribution in [-0.4, -0.2) is 26.1 Å². The van der Waals surface area contributed by atoms with Gasteiger partial charge in [-0.25, -0.2) is 4.98 Å². The van der Waals surface area contributed by atoms with E-state index in [2.05, 4.69) is 34.1 Å². The number of benzene rings is 3. The fourth-order valence-electron chi connectivity index (χ4n) is 3.96. The minimum Gasteiger partial charge on any atom is -0.494 e. The second-order valence-corrected chi connectivity index (χ2v) is 10.2. The first-order valence-electron chi connectivity index (χ1n) is 12.0. The van der Waals surface area contributed by atoms with Crippen LogP contribution in [-0.2, 0) is 6.42 Å². The van der Waals surface area contributed by atoms with Crippen LogP contribution in [0.2, 0.25) is 0 Å². The van der Waals surface area contributed by atoms with Gasteiger partial charge in [0.05, 0.1) is 15.9 Å². The Bertz CT molecular complexity index is 1550. The molecule has 5 rings (SSSR count). The maximum atomic E-state index is 11.4. The highest BCUT2D eigenvalue weighted by Gasteiger charge is 2.14. The van der Waals surface area contributed by atoms with E-state index in [-0.39, 0.29) is 16.9 Å². The van der Waals surface area contributed by atoms with Crippen LogP contribution < -0.4 is 19.7 Å². The Morgan fingerprint density at radius 3 is 2.32 bits per heavy atom. The largest absolute Gasteiger partial charge is 0.494 e. The van der Waals surface area contributed by atoms with E-state index in [0.29, 0.717) is 28.9 Å². The zero-order valence-electron chi connectivity index (χ0n) is 20.7. The molecule has 1 unspecified atom stereocenters. The Morgan fingerprint density at radius 2 is 1.65 bits per heavy atom. The number of hydrogen-bond donors (Lipinski definition) is 4. The summed E-state index contributed by atoms with van der Waals surface area (Å²) in [7, 11) is 0. The Morgan fingerprint density at radius 1 is 0.946 bits per heavy atom. The van der Waals surface area contributed by atoms with Gasteiger partial charge in [0, 0.05) is 24.2 Å². The van der Waals surface area contributed by atoms with Crippen LogP contribution in [0.5, 0.6) is 23.1 Å². The van der Waals surface area contributed by atoms with Gasteiger partial charge in [-0.05, 0) is 74.9 Å². The van der Waals surface area contributed by atoms with Crippen molar-refractivity contribution in [2.75, 3.05) is 5.32 Å². The monoisotopic (exact) mass is 516 g/mol. The predicted molar refractivity (Wildman–Crippen MR) is 146 cm³/mol. The molecule has 37 heavy (non-hydrogen) atoms. The number of imidazole rings is 1. The van der Waals surface area contributed by atoms with Crippen molar-refractivity contribution in [3.8, 4) is 23.1 Å². The minimum atomic E-state index is -0.303. The van der Waals surface area contributed by atoms with Crippen molar-refractivity contribution in [2.45, 2.75) is 39.3 Å². The maximum absolute atomic E-state index is 11.4. The Hall–Kier alpha value is -4.24. The number of hydrogen-bond acceptors (Lipinski definition) is 7. The van der Waals surface area contributed by atoms with E-state index in [1.807, 2.05) is 73.7 Å². The minimum absolute atomic E-state index is 0.0702. The second-order valence-electron chi connectivity index (χ2n) is 9.09. The SMILES string of the molecule is CC(C)Nc1ccc(Oc2ccc3nc(C(C)Oc4ccc(Cc5sc(=O)[nH]c5O)cc4)[nH]c3c2)cc1. The molecular formula is C28H28N4O4S. The van der Waals surface area contributed by atoms with Gasteiger partial charge in [-0.2, -0.15) is 0 Å². The topological polar surface area (TPSA) is 112 Å². The lowest BCUT2D eigenvalue weighted by molar-refractivity contribution is 0.218. The van der Waals surface area contributed by atoms with Crippen molar-refractivity contribution in [1.82, 2.24) is 15.0 Å². The Balaban J connectivity index is 1.23. The average molecular weight is 517 g/mol. The normalized spacial score (nSPS) is 12.1. The molecule has 0 saturated carbocycles. The fraction of sp³-hybridized carbons (Fsp3) is 0.214. The molecule has 0 saturated heterocycles. The zero-order chi connectivity index (χ0) is 25.9. The molecule has 2 aromatic heterocycles. The van der Waals surface area contributed by atoms with Gasteiger partial charge >= 0.3 is 4.87 Å². The number of aromatic amines is 2. The van der Waals surface area contributed by atoms with Gasteiger partial charge in [-0.1, -0.05) is 23.5 Å². The first-order chi connectivity index (χ1) is 17.8. The van der Waals surface area contributed by atoms with E-state index in [4.69, 9.17) is 9.47 Å². The second kappa shape index (κ2) is 10.4. The third-order valence-electron chi connectivity index (χ3n) is 5.70. The number of ether oxygens (including phenoxy) is 2. The molecule has 8 nitrogen and oxygen atoms in total. The van der Waals surface area contributed by atoms with Crippen molar-refractivity contribution in [2.24, 2.45) is 0 Å². The molecule has 0 radical (unpaired) electrons. The standard InChI is InChI=1S/C28H28N4O4S/c1-16(2)29-19-6-10-21(11-7-19)36-22-12-13-23-24(15-22)31-26(30-23)17(3)35-20-8-4-18(5-9-20)14-25-27(33)32-28(34)37-25/h4-13,15-17,29,33H,14H2,1-3H3,(H,30,31)(H,32,34). The number of thiazole rings is 1. The third kappa shape index (κ3) is 5.95. The highest BCUT2D eigenvalue weighted by Crippen LogP contribution is 2.28. The number of rotatable bonds is 9. The molecule has 9 heteroatoms. The van der Waals surface area contributed by atoms with Crippen molar-refractivity contribution in [3.05, 3.63) is 92.7 Å². The molecule has 0 spiro atoms. The summed E-state index contributed by atoms with van der Waals surface area (Å²) in [6, 6.07) is 21.6. The summed E-state index contributed by atoms with van der Waals surface area (Å²) >= 11 is 1.01. The molecule has 0 fully saturated rings. The molecule has 190 valence electrons. The van der Waals surface area contributed by atoms with E-state index < -0.39 is 0 Å². The van der Waals surface area contributed by atoms with Crippen molar-refractivity contribution in [1.29, 1.82) is 0 Å². The number of fused-ring (bicyclic) bond motifs is 1. The van der Waals surface area contributed by atoms with Gasteiger partial charge in [0.1, 0.15) is 23.1 Å². The van der Waals surface area contributed by atoms with Gasteiger partial charge in [0.25, 0.3) is 0 Å². The van der Waals surface area contributed by atoms with E-state index >= 15 is 0 Å². The third-order valence-corrected chi connectivity index (χ3v) is 6.58. The molecule has 1 atom stereocenters. The van der Waals surface area contributed by atoms with Crippen LogP contribution in [0, 0.1) is 0 Å². The van der Waals surface area contributed by atoms with Crippen molar-refractivity contribution in [3.63, 3.8) is 0 Å².